The van der Waals surface area contributed by atoms with Gasteiger partial charge in [-0.15, -0.1) is 0 Å². The van der Waals surface area contributed by atoms with Crippen LogP contribution < -0.4 is 5.56 Å². The molecule has 2 aromatic heterocycles. The number of rotatable bonds is 1. The van der Waals surface area contributed by atoms with Crippen molar-refractivity contribution < 1.29 is 0 Å². The molecule has 4 nitrogen and oxygen atoms in total. The number of nitrogens with one attached hydrogen (secondary N) is 1. The van der Waals surface area contributed by atoms with Gasteiger partial charge in [0.25, 0.3) is 5.56 Å². The van der Waals surface area contributed by atoms with Crippen molar-refractivity contribution >= 4 is 5.65 Å². The third-order valence-corrected chi connectivity index (χ3v) is 2.40. The molecule has 74 valence electrons. The molecule has 2 aromatic rings. The summed E-state index contributed by atoms with van der Waals surface area (Å²) in [6, 6.07) is 1.87. The molecule has 0 amide bonds. The third-order valence-electron chi connectivity index (χ3n) is 2.40. The topological polar surface area (TPSA) is 50.2 Å². The zero-order valence-electron chi connectivity index (χ0n) is 8.59. The number of hydrogen-bond acceptors (Lipinski definition) is 2. The number of fused-ring (bicyclic) bond motifs is 1. The Morgan fingerprint density at radius 3 is 2.86 bits per heavy atom. The molecule has 0 spiro atoms. The summed E-state index contributed by atoms with van der Waals surface area (Å²) < 4.78 is 1.50. The molecule has 0 saturated carbocycles. The number of aromatic nitrogens is 3. The van der Waals surface area contributed by atoms with E-state index in [9.17, 15) is 4.79 Å². The summed E-state index contributed by atoms with van der Waals surface area (Å²) in [5.41, 5.74) is 3.27. The second-order valence-electron chi connectivity index (χ2n) is 3.47. The Labute approximate surface area is 81.6 Å². The van der Waals surface area contributed by atoms with Gasteiger partial charge in [0.05, 0.1) is 0 Å². The second-order valence-corrected chi connectivity index (χ2v) is 3.47. The first-order chi connectivity index (χ1) is 6.63. The van der Waals surface area contributed by atoms with Crippen molar-refractivity contribution in [2.75, 3.05) is 0 Å². The lowest BCUT2D eigenvalue weighted by Crippen LogP contribution is -2.21. The smallest absolute Gasteiger partial charge is 0.276 e. The van der Waals surface area contributed by atoms with Crippen LogP contribution in [0, 0.1) is 13.8 Å². The molecule has 0 saturated heterocycles. The van der Waals surface area contributed by atoms with Gasteiger partial charge in [0, 0.05) is 23.0 Å². The van der Waals surface area contributed by atoms with Crippen molar-refractivity contribution in [1.29, 1.82) is 0 Å². The van der Waals surface area contributed by atoms with Crippen LogP contribution in [0.25, 0.3) is 5.65 Å². The van der Waals surface area contributed by atoms with Gasteiger partial charge in [0.1, 0.15) is 0 Å². The zero-order valence-corrected chi connectivity index (χ0v) is 8.59. The minimum Gasteiger partial charge on any atom is -0.294 e. The number of aromatic amines is 1. The number of H-pyrrole nitrogens is 1. The first kappa shape index (κ1) is 8.99. The van der Waals surface area contributed by atoms with Crippen molar-refractivity contribution in [2.45, 2.75) is 27.2 Å². The highest BCUT2D eigenvalue weighted by Gasteiger charge is 2.08. The summed E-state index contributed by atoms with van der Waals surface area (Å²) >= 11 is 0. The van der Waals surface area contributed by atoms with Crippen molar-refractivity contribution in [2.24, 2.45) is 0 Å². The van der Waals surface area contributed by atoms with Crippen LogP contribution in [-0.2, 0) is 6.42 Å². The van der Waals surface area contributed by atoms with Gasteiger partial charge in [-0.2, -0.15) is 0 Å². The fourth-order valence-electron chi connectivity index (χ4n) is 1.70. The highest BCUT2D eigenvalue weighted by molar-refractivity contribution is 5.41. The molecule has 0 fully saturated rings. The van der Waals surface area contributed by atoms with E-state index in [1.54, 1.807) is 0 Å². The van der Waals surface area contributed by atoms with Crippen molar-refractivity contribution in [3.8, 4) is 0 Å². The van der Waals surface area contributed by atoms with Gasteiger partial charge in [-0.05, 0) is 20.3 Å². The molecule has 0 aliphatic rings. The molecule has 0 bridgehead atoms. The van der Waals surface area contributed by atoms with Gasteiger partial charge in [-0.1, -0.05) is 6.92 Å². The summed E-state index contributed by atoms with van der Waals surface area (Å²) in [4.78, 5) is 16.2. The largest absolute Gasteiger partial charge is 0.294 e. The van der Waals surface area contributed by atoms with Crippen LogP contribution in [0.1, 0.15) is 23.9 Å². The van der Waals surface area contributed by atoms with E-state index in [2.05, 4.69) is 10.1 Å². The van der Waals surface area contributed by atoms with Gasteiger partial charge >= 0.3 is 0 Å². The first-order valence-electron chi connectivity index (χ1n) is 4.71. The number of nitrogens with zero attached hydrogens (tertiary/aromatic N) is 2. The van der Waals surface area contributed by atoms with E-state index in [1.807, 2.05) is 26.8 Å². The summed E-state index contributed by atoms with van der Waals surface area (Å²) in [6.45, 7) is 5.76. The Hall–Kier alpha value is -1.58. The predicted molar refractivity (Wildman–Crippen MR) is 54.7 cm³/mol. The number of aryl methyl sites for hydroxylation is 2. The van der Waals surface area contributed by atoms with Crippen LogP contribution in [-0.4, -0.2) is 14.6 Å². The van der Waals surface area contributed by atoms with Crippen molar-refractivity contribution in [3.63, 3.8) is 0 Å². The highest BCUT2D eigenvalue weighted by Crippen LogP contribution is 2.05. The fraction of sp³-hybridized carbons (Fsp3) is 0.400. The van der Waals surface area contributed by atoms with Gasteiger partial charge in [0.15, 0.2) is 5.65 Å². The molecule has 0 aliphatic heterocycles. The average molecular weight is 191 g/mol. The summed E-state index contributed by atoms with van der Waals surface area (Å²) in [5, 5.41) is 2.97. The molecule has 4 heteroatoms. The number of hydrogen-bond donors (Lipinski definition) is 1. The fourth-order valence-corrected chi connectivity index (χ4v) is 1.70. The Bertz CT molecular complexity index is 536. The highest BCUT2D eigenvalue weighted by atomic mass is 16.1. The Morgan fingerprint density at radius 1 is 1.50 bits per heavy atom. The van der Waals surface area contributed by atoms with E-state index in [1.165, 1.54) is 4.52 Å². The molecule has 0 radical (unpaired) electrons. The molecule has 14 heavy (non-hydrogen) atoms. The lowest BCUT2D eigenvalue weighted by atomic mass is 10.2. The van der Waals surface area contributed by atoms with Crippen LogP contribution in [0.4, 0.5) is 0 Å². The quantitative estimate of drug-likeness (QED) is 0.736. The Morgan fingerprint density at radius 2 is 2.21 bits per heavy atom. The first-order valence-corrected chi connectivity index (χ1v) is 4.71. The van der Waals surface area contributed by atoms with E-state index in [0.29, 0.717) is 5.65 Å². The predicted octanol–water partition coefficient (Wildman–Crippen LogP) is 1.20. The zero-order chi connectivity index (χ0) is 10.3. The second kappa shape index (κ2) is 2.97. The van der Waals surface area contributed by atoms with E-state index >= 15 is 0 Å². The molecule has 0 unspecified atom stereocenters. The van der Waals surface area contributed by atoms with Crippen molar-refractivity contribution in [3.05, 3.63) is 33.4 Å². The standard InChI is InChI=1S/C10H13N3O/c1-4-8-7(3)11-9-5-6(2)12-13(9)10(8)14/h5,12H,4H2,1-3H3. The van der Waals surface area contributed by atoms with E-state index in [0.717, 1.165) is 23.4 Å². The maximum absolute atomic E-state index is 11.9. The molecular formula is C10H13N3O. The normalized spacial score (nSPS) is 11.1. The van der Waals surface area contributed by atoms with Crippen LogP contribution >= 0.6 is 0 Å². The van der Waals surface area contributed by atoms with Gasteiger partial charge in [-0.25, -0.2) is 9.50 Å². The third kappa shape index (κ3) is 1.14. The van der Waals surface area contributed by atoms with Gasteiger partial charge in [-0.3, -0.25) is 9.89 Å². The van der Waals surface area contributed by atoms with E-state index < -0.39 is 0 Å². The Kier molecular flexibility index (Phi) is 1.91. The lowest BCUT2D eigenvalue weighted by Gasteiger charge is -2.01. The minimum absolute atomic E-state index is 0.0168. The molecule has 2 heterocycles. The lowest BCUT2D eigenvalue weighted by molar-refractivity contribution is 0.841. The summed E-state index contributed by atoms with van der Waals surface area (Å²) in [6.07, 6.45) is 0.721. The molecule has 0 aliphatic carbocycles. The Balaban J connectivity index is 2.92. The minimum atomic E-state index is 0.0168. The molecular weight excluding hydrogens is 178 g/mol. The van der Waals surface area contributed by atoms with E-state index in [4.69, 9.17) is 0 Å². The van der Waals surface area contributed by atoms with Crippen LogP contribution in [0.3, 0.4) is 0 Å². The van der Waals surface area contributed by atoms with Gasteiger partial charge < -0.3 is 0 Å². The molecule has 0 aromatic carbocycles. The van der Waals surface area contributed by atoms with E-state index in [-0.39, 0.29) is 5.56 Å². The van der Waals surface area contributed by atoms with Crippen molar-refractivity contribution in [1.82, 2.24) is 14.6 Å². The molecule has 2 rings (SSSR count). The van der Waals surface area contributed by atoms with Crippen LogP contribution in [0.2, 0.25) is 0 Å². The molecule has 1 N–H and O–H groups in total. The SMILES string of the molecule is CCc1c(C)nc2cc(C)[nH]n2c1=O. The average Bonchev–Trinajstić information content (AvgIpc) is 2.47. The maximum atomic E-state index is 11.9. The van der Waals surface area contributed by atoms with Gasteiger partial charge in [0.2, 0.25) is 0 Å². The summed E-state index contributed by atoms with van der Waals surface area (Å²) in [7, 11) is 0. The molecule has 0 atom stereocenters. The van der Waals surface area contributed by atoms with Crippen LogP contribution in [0.15, 0.2) is 10.9 Å². The summed E-state index contributed by atoms with van der Waals surface area (Å²) in [5.74, 6) is 0. The van der Waals surface area contributed by atoms with Crippen LogP contribution in [0.5, 0.6) is 0 Å². The monoisotopic (exact) mass is 191 g/mol. The maximum Gasteiger partial charge on any atom is 0.276 e.